The third-order valence-corrected chi connectivity index (χ3v) is 5.29. The van der Waals surface area contributed by atoms with Crippen LogP contribution in [0.2, 0.25) is 0 Å². The zero-order valence-corrected chi connectivity index (χ0v) is 16.0. The number of aromatic hydroxyl groups is 1. The summed E-state index contributed by atoms with van der Waals surface area (Å²) in [6, 6.07) is 11.5. The van der Waals surface area contributed by atoms with Crippen LogP contribution in [0.5, 0.6) is 5.75 Å². The van der Waals surface area contributed by atoms with Crippen LogP contribution in [0, 0.1) is 13.8 Å². The molecule has 1 aliphatic rings. The number of piperazine rings is 1. The van der Waals surface area contributed by atoms with Gasteiger partial charge >= 0.3 is 0 Å². The molecule has 1 fully saturated rings. The first-order valence-electron chi connectivity index (χ1n) is 9.24. The van der Waals surface area contributed by atoms with Crippen molar-refractivity contribution < 1.29 is 9.90 Å². The van der Waals surface area contributed by atoms with Crippen LogP contribution in [0.4, 0.5) is 0 Å². The van der Waals surface area contributed by atoms with E-state index in [4.69, 9.17) is 0 Å². The van der Waals surface area contributed by atoms with Crippen molar-refractivity contribution in [3.8, 4) is 5.75 Å². The van der Waals surface area contributed by atoms with Crippen molar-refractivity contribution in [2.24, 2.45) is 0 Å². The van der Waals surface area contributed by atoms with Gasteiger partial charge in [-0.1, -0.05) is 24.3 Å². The summed E-state index contributed by atoms with van der Waals surface area (Å²) in [7, 11) is 2.16. The van der Waals surface area contributed by atoms with Crippen LogP contribution < -0.4 is 0 Å². The smallest absolute Gasteiger partial charge is 0.167 e. The number of aryl methyl sites for hydroxylation is 2. The van der Waals surface area contributed by atoms with Gasteiger partial charge in [0.25, 0.3) is 0 Å². The Morgan fingerprint density at radius 3 is 2.38 bits per heavy atom. The number of hydrogen-bond acceptors (Lipinski definition) is 4. The van der Waals surface area contributed by atoms with Gasteiger partial charge in [0.2, 0.25) is 0 Å². The van der Waals surface area contributed by atoms with E-state index in [0.717, 1.165) is 49.4 Å². The Morgan fingerprint density at radius 1 is 1.00 bits per heavy atom. The summed E-state index contributed by atoms with van der Waals surface area (Å²) in [4.78, 5) is 17.4. The molecule has 0 saturated carbocycles. The zero-order chi connectivity index (χ0) is 18.7. The molecule has 0 aromatic heterocycles. The van der Waals surface area contributed by atoms with E-state index in [9.17, 15) is 9.90 Å². The van der Waals surface area contributed by atoms with Gasteiger partial charge in [0.15, 0.2) is 5.78 Å². The van der Waals surface area contributed by atoms with E-state index in [2.05, 4.69) is 29.8 Å². The van der Waals surface area contributed by atoms with Crippen LogP contribution in [0.25, 0.3) is 0 Å². The number of benzene rings is 2. The Bertz CT molecular complexity index is 793. The number of nitrogens with zero attached hydrogens (tertiary/aromatic N) is 2. The molecule has 4 nitrogen and oxygen atoms in total. The monoisotopic (exact) mass is 352 g/mol. The second-order valence-electron chi connectivity index (χ2n) is 7.44. The van der Waals surface area contributed by atoms with Crippen molar-refractivity contribution >= 4 is 5.78 Å². The first-order valence-corrected chi connectivity index (χ1v) is 9.24. The fraction of sp³-hybridized carbons (Fsp3) is 0.409. The van der Waals surface area contributed by atoms with Gasteiger partial charge in [-0.15, -0.1) is 0 Å². The summed E-state index contributed by atoms with van der Waals surface area (Å²) in [5.41, 5.74) is 4.87. The maximum absolute atomic E-state index is 12.6. The SMILES string of the molecule is Cc1ccc(CC(=O)c2ccc(CN3CCN(C)CC3)c(C)c2)cc1O. The number of ketones is 1. The topological polar surface area (TPSA) is 43.8 Å². The Kier molecular flexibility index (Phi) is 5.74. The standard InChI is InChI=1S/C22H28N2O2/c1-16-4-5-18(13-21(16)25)14-22(26)19-6-7-20(17(2)12-19)15-24-10-8-23(3)9-11-24/h4-7,12-13,25H,8-11,14-15H2,1-3H3. The number of carbonyl (C=O) groups is 1. The van der Waals surface area contributed by atoms with Crippen LogP contribution in [0.3, 0.4) is 0 Å². The second-order valence-corrected chi connectivity index (χ2v) is 7.44. The number of rotatable bonds is 5. The maximum atomic E-state index is 12.6. The number of hydrogen-bond donors (Lipinski definition) is 1. The molecule has 1 aliphatic heterocycles. The highest BCUT2D eigenvalue weighted by Crippen LogP contribution is 2.20. The van der Waals surface area contributed by atoms with Gasteiger partial charge in [-0.05, 0) is 55.3 Å². The van der Waals surface area contributed by atoms with Crippen molar-refractivity contribution in [1.82, 2.24) is 9.80 Å². The zero-order valence-electron chi connectivity index (χ0n) is 16.0. The van der Waals surface area contributed by atoms with Crippen molar-refractivity contribution in [2.75, 3.05) is 33.2 Å². The van der Waals surface area contributed by atoms with Gasteiger partial charge in [0.05, 0.1) is 0 Å². The number of Topliss-reactive ketones (excluding diaryl/α,β-unsaturated/α-hetero) is 1. The van der Waals surface area contributed by atoms with E-state index in [1.54, 1.807) is 6.07 Å². The van der Waals surface area contributed by atoms with E-state index in [1.165, 1.54) is 11.1 Å². The molecule has 4 heteroatoms. The lowest BCUT2D eigenvalue weighted by atomic mass is 9.98. The van der Waals surface area contributed by atoms with Gasteiger partial charge < -0.3 is 10.0 Å². The molecule has 0 bridgehead atoms. The minimum absolute atomic E-state index is 0.0856. The number of phenols is 1. The molecule has 0 amide bonds. The van der Waals surface area contributed by atoms with Gasteiger partial charge in [-0.25, -0.2) is 0 Å². The first kappa shape index (κ1) is 18.6. The Morgan fingerprint density at radius 2 is 1.73 bits per heavy atom. The summed E-state index contributed by atoms with van der Waals surface area (Å²) < 4.78 is 0. The van der Waals surface area contributed by atoms with Gasteiger partial charge in [0.1, 0.15) is 5.75 Å². The van der Waals surface area contributed by atoms with E-state index < -0.39 is 0 Å². The van der Waals surface area contributed by atoms with Crippen LogP contribution >= 0.6 is 0 Å². The predicted molar refractivity (Wildman–Crippen MR) is 105 cm³/mol. The molecular weight excluding hydrogens is 324 g/mol. The third-order valence-electron chi connectivity index (χ3n) is 5.29. The third kappa shape index (κ3) is 4.51. The van der Waals surface area contributed by atoms with Crippen LogP contribution in [0.15, 0.2) is 36.4 Å². The molecule has 3 rings (SSSR count). The number of carbonyl (C=O) groups excluding carboxylic acids is 1. The summed E-state index contributed by atoms with van der Waals surface area (Å²) in [6.07, 6.45) is 0.311. The fourth-order valence-corrected chi connectivity index (χ4v) is 3.35. The molecule has 0 radical (unpaired) electrons. The lowest BCUT2D eigenvalue weighted by Gasteiger charge is -2.32. The molecule has 1 saturated heterocycles. The molecule has 2 aromatic rings. The van der Waals surface area contributed by atoms with Crippen molar-refractivity contribution in [2.45, 2.75) is 26.8 Å². The van der Waals surface area contributed by atoms with Crippen molar-refractivity contribution in [3.63, 3.8) is 0 Å². The second kappa shape index (κ2) is 8.02. The highest BCUT2D eigenvalue weighted by Gasteiger charge is 2.16. The fourth-order valence-electron chi connectivity index (χ4n) is 3.35. The minimum Gasteiger partial charge on any atom is -0.508 e. The molecule has 1 N–H and O–H groups in total. The average Bonchev–Trinajstić information content (AvgIpc) is 2.61. The molecule has 0 spiro atoms. The summed E-state index contributed by atoms with van der Waals surface area (Å²) in [6.45, 7) is 9.28. The largest absolute Gasteiger partial charge is 0.508 e. The normalized spacial score (nSPS) is 16.0. The molecule has 1 heterocycles. The Labute approximate surface area is 156 Å². The summed E-state index contributed by atoms with van der Waals surface area (Å²) >= 11 is 0. The summed E-state index contributed by atoms with van der Waals surface area (Å²) in [5, 5.41) is 9.82. The van der Waals surface area contributed by atoms with Gasteiger partial charge in [0, 0.05) is 44.7 Å². The van der Waals surface area contributed by atoms with E-state index in [1.807, 2.05) is 31.2 Å². The highest BCUT2D eigenvalue weighted by molar-refractivity contribution is 5.97. The average molecular weight is 352 g/mol. The van der Waals surface area contributed by atoms with E-state index in [0.29, 0.717) is 6.42 Å². The molecule has 26 heavy (non-hydrogen) atoms. The highest BCUT2D eigenvalue weighted by atomic mass is 16.3. The summed E-state index contributed by atoms with van der Waals surface area (Å²) in [5.74, 6) is 0.330. The van der Waals surface area contributed by atoms with Crippen LogP contribution in [0.1, 0.15) is 32.6 Å². The van der Waals surface area contributed by atoms with Crippen LogP contribution in [-0.4, -0.2) is 53.9 Å². The molecule has 2 aromatic carbocycles. The van der Waals surface area contributed by atoms with E-state index in [-0.39, 0.29) is 11.5 Å². The van der Waals surface area contributed by atoms with Crippen LogP contribution in [-0.2, 0) is 13.0 Å². The molecule has 138 valence electrons. The Hall–Kier alpha value is -2.17. The molecule has 0 atom stereocenters. The van der Waals surface area contributed by atoms with Gasteiger partial charge in [-0.2, -0.15) is 0 Å². The minimum atomic E-state index is 0.0856. The maximum Gasteiger partial charge on any atom is 0.167 e. The lowest BCUT2D eigenvalue weighted by Crippen LogP contribution is -2.43. The van der Waals surface area contributed by atoms with E-state index >= 15 is 0 Å². The molecule has 0 aliphatic carbocycles. The quantitative estimate of drug-likeness (QED) is 0.840. The van der Waals surface area contributed by atoms with Crippen molar-refractivity contribution in [3.05, 3.63) is 64.2 Å². The molecular formula is C22H28N2O2. The number of phenolic OH excluding ortho intramolecular Hbond substituents is 1. The van der Waals surface area contributed by atoms with Crippen molar-refractivity contribution in [1.29, 1.82) is 0 Å². The first-order chi connectivity index (χ1) is 12.4. The lowest BCUT2D eigenvalue weighted by molar-refractivity contribution is 0.0993. The molecule has 0 unspecified atom stereocenters. The van der Waals surface area contributed by atoms with Gasteiger partial charge in [-0.3, -0.25) is 9.69 Å². The Balaban J connectivity index is 1.66. The number of likely N-dealkylation sites (N-methyl/N-ethyl adjacent to an activating group) is 1. The predicted octanol–water partition coefficient (Wildman–Crippen LogP) is 3.18.